The molecule has 1 saturated heterocycles. The molecule has 26 heavy (non-hydrogen) atoms. The van der Waals surface area contributed by atoms with Crippen LogP contribution in [0.3, 0.4) is 0 Å². The molecule has 140 valence electrons. The number of methoxy groups -OCH3 is 1. The molecule has 1 aliphatic heterocycles. The normalized spacial score (nSPS) is 16.8. The van der Waals surface area contributed by atoms with Crippen molar-refractivity contribution in [3.05, 3.63) is 40.7 Å². The second kappa shape index (κ2) is 8.10. The van der Waals surface area contributed by atoms with Crippen molar-refractivity contribution in [2.75, 3.05) is 44.1 Å². The molecular formula is C19H26ClN5O. The zero-order chi connectivity index (χ0) is 18.7. The maximum atomic E-state index is 6.17. The number of nitrogens with zero attached hydrogens (tertiary/aromatic N) is 4. The van der Waals surface area contributed by atoms with Crippen molar-refractivity contribution in [2.45, 2.75) is 25.9 Å². The van der Waals surface area contributed by atoms with Crippen molar-refractivity contribution < 1.29 is 4.74 Å². The maximum Gasteiger partial charge on any atom is 0.225 e. The van der Waals surface area contributed by atoms with Gasteiger partial charge in [0, 0.05) is 50.5 Å². The lowest BCUT2D eigenvalue weighted by atomic mass is 10.2. The Balaban J connectivity index is 1.63. The Labute approximate surface area is 160 Å². The number of hydrogen-bond acceptors (Lipinski definition) is 6. The summed E-state index contributed by atoms with van der Waals surface area (Å²) >= 11 is 6.17. The number of hydrogen-bond donors (Lipinski definition) is 1. The van der Waals surface area contributed by atoms with Gasteiger partial charge in [-0.25, -0.2) is 9.97 Å². The number of nitrogens with one attached hydrogen (secondary N) is 1. The second-order valence-electron chi connectivity index (χ2n) is 6.82. The summed E-state index contributed by atoms with van der Waals surface area (Å²) in [5.41, 5.74) is 3.05. The predicted molar refractivity (Wildman–Crippen MR) is 107 cm³/mol. The molecule has 1 fully saturated rings. The number of benzene rings is 1. The Morgan fingerprint density at radius 3 is 2.85 bits per heavy atom. The van der Waals surface area contributed by atoms with Gasteiger partial charge in [-0.1, -0.05) is 11.6 Å². The predicted octanol–water partition coefficient (Wildman–Crippen LogP) is 2.88. The van der Waals surface area contributed by atoms with Crippen molar-refractivity contribution in [3.8, 4) is 5.75 Å². The Morgan fingerprint density at radius 2 is 2.12 bits per heavy atom. The Kier molecular flexibility index (Phi) is 5.84. The van der Waals surface area contributed by atoms with E-state index in [0.717, 1.165) is 59.9 Å². The van der Waals surface area contributed by atoms with E-state index in [1.165, 1.54) is 0 Å². The minimum absolute atomic E-state index is 0.400. The van der Waals surface area contributed by atoms with E-state index in [0.29, 0.717) is 6.04 Å². The van der Waals surface area contributed by atoms with Crippen LogP contribution < -0.4 is 19.9 Å². The van der Waals surface area contributed by atoms with E-state index in [1.807, 2.05) is 50.2 Å². The molecule has 1 aromatic heterocycles. The first-order valence-electron chi connectivity index (χ1n) is 8.80. The van der Waals surface area contributed by atoms with Crippen LogP contribution in [0.25, 0.3) is 0 Å². The summed E-state index contributed by atoms with van der Waals surface area (Å²) in [6.45, 7) is 4.62. The van der Waals surface area contributed by atoms with Gasteiger partial charge in [-0.2, -0.15) is 0 Å². The van der Waals surface area contributed by atoms with E-state index in [1.54, 1.807) is 7.11 Å². The summed E-state index contributed by atoms with van der Waals surface area (Å²) in [4.78, 5) is 13.3. The van der Waals surface area contributed by atoms with Crippen LogP contribution in [0.2, 0.25) is 5.02 Å². The summed E-state index contributed by atoms with van der Waals surface area (Å²) in [5.74, 6) is 1.61. The second-order valence-corrected chi connectivity index (χ2v) is 7.26. The van der Waals surface area contributed by atoms with Crippen LogP contribution in [0.4, 0.5) is 11.6 Å². The number of anilines is 2. The average Bonchev–Trinajstić information content (AvgIpc) is 3.08. The van der Waals surface area contributed by atoms with Gasteiger partial charge in [0.15, 0.2) is 0 Å². The highest BCUT2D eigenvalue weighted by molar-refractivity contribution is 6.30. The topological polar surface area (TPSA) is 53.5 Å². The lowest BCUT2D eigenvalue weighted by molar-refractivity contribution is 0.414. The lowest BCUT2D eigenvalue weighted by Gasteiger charge is -2.22. The SMILES string of the molecule is COc1ccc(Cl)cc1N1CC[C@@H](NCc2cc(C)nc(N(C)C)n2)C1. The first-order valence-corrected chi connectivity index (χ1v) is 9.18. The highest BCUT2D eigenvalue weighted by Gasteiger charge is 2.24. The van der Waals surface area contributed by atoms with Gasteiger partial charge in [-0.3, -0.25) is 0 Å². The number of halogens is 1. The van der Waals surface area contributed by atoms with Gasteiger partial charge in [0.1, 0.15) is 5.75 Å². The molecule has 0 radical (unpaired) electrons. The van der Waals surface area contributed by atoms with Crippen LogP contribution >= 0.6 is 11.6 Å². The molecule has 0 saturated carbocycles. The molecule has 7 heteroatoms. The number of rotatable bonds is 6. The summed E-state index contributed by atoms with van der Waals surface area (Å²) in [6.07, 6.45) is 1.07. The molecule has 1 aliphatic rings. The highest BCUT2D eigenvalue weighted by atomic mass is 35.5. The van der Waals surface area contributed by atoms with E-state index in [9.17, 15) is 0 Å². The molecule has 6 nitrogen and oxygen atoms in total. The van der Waals surface area contributed by atoms with Gasteiger partial charge in [-0.15, -0.1) is 0 Å². The van der Waals surface area contributed by atoms with E-state index in [4.69, 9.17) is 16.3 Å². The van der Waals surface area contributed by atoms with Crippen molar-refractivity contribution in [1.82, 2.24) is 15.3 Å². The standard InChI is InChI=1S/C19H26ClN5O/c1-13-9-16(23-19(22-13)24(2)3)11-21-15-7-8-25(12-15)17-10-14(20)5-6-18(17)26-4/h5-6,9-10,15,21H,7-8,11-12H2,1-4H3/t15-/m1/s1. The molecule has 2 heterocycles. The number of aryl methyl sites for hydroxylation is 1. The van der Waals surface area contributed by atoms with Gasteiger partial charge in [0.2, 0.25) is 5.95 Å². The van der Waals surface area contributed by atoms with Crippen molar-refractivity contribution >= 4 is 23.2 Å². The van der Waals surface area contributed by atoms with Crippen LogP contribution in [0.1, 0.15) is 17.8 Å². The van der Waals surface area contributed by atoms with Gasteiger partial charge in [0.05, 0.1) is 18.5 Å². The summed E-state index contributed by atoms with van der Waals surface area (Å²) in [7, 11) is 5.61. The molecular weight excluding hydrogens is 350 g/mol. The van der Waals surface area contributed by atoms with Crippen LogP contribution in [0.5, 0.6) is 5.75 Å². The average molecular weight is 376 g/mol. The van der Waals surface area contributed by atoms with Gasteiger partial charge in [0.25, 0.3) is 0 Å². The highest BCUT2D eigenvalue weighted by Crippen LogP contribution is 2.33. The molecule has 3 rings (SSSR count). The third-order valence-electron chi connectivity index (χ3n) is 4.54. The molecule has 0 spiro atoms. The van der Waals surface area contributed by atoms with E-state index < -0.39 is 0 Å². The van der Waals surface area contributed by atoms with Crippen LogP contribution in [-0.2, 0) is 6.54 Å². The smallest absolute Gasteiger partial charge is 0.225 e. The molecule has 0 unspecified atom stereocenters. The van der Waals surface area contributed by atoms with Gasteiger partial charge < -0.3 is 19.9 Å². The first kappa shape index (κ1) is 18.7. The fourth-order valence-electron chi connectivity index (χ4n) is 3.21. The monoisotopic (exact) mass is 375 g/mol. The summed E-state index contributed by atoms with van der Waals surface area (Å²) in [6, 6.07) is 8.18. The maximum absolute atomic E-state index is 6.17. The Hall–Kier alpha value is -2.05. The zero-order valence-corrected chi connectivity index (χ0v) is 16.5. The zero-order valence-electron chi connectivity index (χ0n) is 15.8. The van der Waals surface area contributed by atoms with Crippen LogP contribution in [0.15, 0.2) is 24.3 Å². The van der Waals surface area contributed by atoms with Gasteiger partial charge >= 0.3 is 0 Å². The molecule has 0 amide bonds. The minimum Gasteiger partial charge on any atom is -0.495 e. The first-order chi connectivity index (χ1) is 12.5. The third-order valence-corrected chi connectivity index (χ3v) is 4.77. The van der Waals surface area contributed by atoms with Crippen LogP contribution in [0, 0.1) is 6.92 Å². The van der Waals surface area contributed by atoms with Crippen LogP contribution in [-0.4, -0.2) is 50.3 Å². The largest absolute Gasteiger partial charge is 0.495 e. The van der Waals surface area contributed by atoms with Crippen molar-refractivity contribution in [2.24, 2.45) is 0 Å². The fourth-order valence-corrected chi connectivity index (χ4v) is 3.38. The number of ether oxygens (including phenoxy) is 1. The van der Waals surface area contributed by atoms with E-state index >= 15 is 0 Å². The third kappa shape index (κ3) is 4.37. The fraction of sp³-hybridized carbons (Fsp3) is 0.474. The Bertz CT molecular complexity index is 768. The van der Waals surface area contributed by atoms with Gasteiger partial charge in [-0.05, 0) is 37.6 Å². The van der Waals surface area contributed by atoms with Crippen molar-refractivity contribution in [3.63, 3.8) is 0 Å². The summed E-state index contributed by atoms with van der Waals surface area (Å²) < 4.78 is 5.48. The van der Waals surface area contributed by atoms with Crippen molar-refractivity contribution in [1.29, 1.82) is 0 Å². The molecule has 1 atom stereocenters. The summed E-state index contributed by atoms with van der Waals surface area (Å²) in [5, 5.41) is 4.35. The lowest BCUT2D eigenvalue weighted by Crippen LogP contribution is -2.32. The molecule has 0 bridgehead atoms. The van der Waals surface area contributed by atoms with E-state index in [-0.39, 0.29) is 0 Å². The van der Waals surface area contributed by atoms with E-state index in [2.05, 4.69) is 20.2 Å². The molecule has 2 aromatic rings. The number of aromatic nitrogens is 2. The Morgan fingerprint density at radius 1 is 1.31 bits per heavy atom. The molecule has 0 aliphatic carbocycles. The molecule has 1 N–H and O–H groups in total. The molecule has 1 aromatic carbocycles. The quantitative estimate of drug-likeness (QED) is 0.837. The minimum atomic E-state index is 0.400.